The SMILES string of the molecule is CC(=O)c1ccccc1OCC(=O)NC(C)c1ccc(Cl)cc1. The average Bonchev–Trinajstić information content (AvgIpc) is 2.53. The van der Waals surface area contributed by atoms with Gasteiger partial charge in [0.25, 0.3) is 5.91 Å². The van der Waals surface area contributed by atoms with E-state index in [1.54, 1.807) is 36.4 Å². The summed E-state index contributed by atoms with van der Waals surface area (Å²) in [6, 6.07) is 14.0. The molecule has 1 N–H and O–H groups in total. The lowest BCUT2D eigenvalue weighted by Crippen LogP contribution is -2.31. The quantitative estimate of drug-likeness (QED) is 0.819. The number of hydrogen-bond donors (Lipinski definition) is 1. The Kier molecular flexibility index (Phi) is 5.77. The summed E-state index contributed by atoms with van der Waals surface area (Å²) in [6.07, 6.45) is 0. The van der Waals surface area contributed by atoms with Crippen LogP contribution >= 0.6 is 11.6 Å². The number of hydrogen-bond acceptors (Lipinski definition) is 3. The molecule has 0 saturated heterocycles. The molecule has 2 rings (SSSR count). The molecule has 0 aliphatic carbocycles. The molecular weight excluding hydrogens is 314 g/mol. The van der Waals surface area contributed by atoms with Crippen molar-refractivity contribution < 1.29 is 14.3 Å². The Morgan fingerprint density at radius 2 is 1.78 bits per heavy atom. The van der Waals surface area contributed by atoms with E-state index in [0.717, 1.165) is 5.56 Å². The highest BCUT2D eigenvalue weighted by molar-refractivity contribution is 6.30. The summed E-state index contributed by atoms with van der Waals surface area (Å²) in [7, 11) is 0. The molecule has 0 bridgehead atoms. The molecule has 1 unspecified atom stereocenters. The minimum atomic E-state index is -0.259. The van der Waals surface area contributed by atoms with Crippen molar-refractivity contribution in [2.24, 2.45) is 0 Å². The zero-order valence-corrected chi connectivity index (χ0v) is 13.8. The lowest BCUT2D eigenvalue weighted by molar-refractivity contribution is -0.123. The number of halogens is 1. The number of ether oxygens (including phenoxy) is 1. The highest BCUT2D eigenvalue weighted by Gasteiger charge is 2.12. The van der Waals surface area contributed by atoms with Gasteiger partial charge >= 0.3 is 0 Å². The first-order chi connectivity index (χ1) is 11.0. The fourth-order valence-electron chi connectivity index (χ4n) is 2.14. The van der Waals surface area contributed by atoms with E-state index in [9.17, 15) is 9.59 Å². The first-order valence-corrected chi connectivity index (χ1v) is 7.62. The van der Waals surface area contributed by atoms with Crippen LogP contribution in [0.15, 0.2) is 48.5 Å². The van der Waals surface area contributed by atoms with Crippen LogP contribution in [0.2, 0.25) is 5.02 Å². The zero-order chi connectivity index (χ0) is 16.8. The lowest BCUT2D eigenvalue weighted by Gasteiger charge is -2.15. The molecule has 2 aromatic rings. The Bertz CT molecular complexity index is 698. The fraction of sp³-hybridized carbons (Fsp3) is 0.222. The number of ketones is 1. The molecular formula is C18H18ClNO3. The predicted octanol–water partition coefficient (Wildman–Crippen LogP) is 3.80. The maximum atomic E-state index is 12.0. The predicted molar refractivity (Wildman–Crippen MR) is 90.0 cm³/mol. The number of nitrogens with one attached hydrogen (secondary N) is 1. The number of rotatable bonds is 6. The van der Waals surface area contributed by atoms with Crippen molar-refractivity contribution in [3.8, 4) is 5.75 Å². The molecule has 0 aliphatic heterocycles. The third kappa shape index (κ3) is 4.83. The molecule has 0 saturated carbocycles. The number of Topliss-reactive ketones (excluding diaryl/α,β-unsaturated/α-hetero) is 1. The lowest BCUT2D eigenvalue weighted by atomic mass is 10.1. The van der Waals surface area contributed by atoms with Crippen LogP contribution in [0, 0.1) is 0 Å². The third-order valence-electron chi connectivity index (χ3n) is 3.37. The van der Waals surface area contributed by atoms with Gasteiger partial charge in [0, 0.05) is 5.02 Å². The second-order valence-electron chi connectivity index (χ2n) is 5.18. The molecule has 1 atom stereocenters. The van der Waals surface area contributed by atoms with Gasteiger partial charge in [-0.05, 0) is 43.7 Å². The molecule has 0 aliphatic rings. The number of carbonyl (C=O) groups excluding carboxylic acids is 2. The topological polar surface area (TPSA) is 55.4 Å². The summed E-state index contributed by atoms with van der Waals surface area (Å²) in [5.74, 6) is 0.0515. The van der Waals surface area contributed by atoms with Crippen LogP contribution in [0.25, 0.3) is 0 Å². The fourth-order valence-corrected chi connectivity index (χ4v) is 2.27. The Morgan fingerprint density at radius 1 is 1.13 bits per heavy atom. The Labute approximate surface area is 140 Å². The maximum Gasteiger partial charge on any atom is 0.258 e. The maximum absolute atomic E-state index is 12.0. The molecule has 0 fully saturated rings. The van der Waals surface area contributed by atoms with E-state index in [1.165, 1.54) is 6.92 Å². The molecule has 120 valence electrons. The van der Waals surface area contributed by atoms with Gasteiger partial charge in [-0.2, -0.15) is 0 Å². The van der Waals surface area contributed by atoms with Gasteiger partial charge in [-0.25, -0.2) is 0 Å². The van der Waals surface area contributed by atoms with Gasteiger partial charge in [0.2, 0.25) is 0 Å². The van der Waals surface area contributed by atoms with Crippen molar-refractivity contribution in [2.75, 3.05) is 6.61 Å². The zero-order valence-electron chi connectivity index (χ0n) is 13.0. The Morgan fingerprint density at radius 3 is 2.43 bits per heavy atom. The summed E-state index contributed by atoms with van der Waals surface area (Å²) in [6.45, 7) is 3.19. The Hall–Kier alpha value is -2.33. The largest absolute Gasteiger partial charge is 0.483 e. The van der Waals surface area contributed by atoms with E-state index in [4.69, 9.17) is 16.3 Å². The third-order valence-corrected chi connectivity index (χ3v) is 3.62. The van der Waals surface area contributed by atoms with E-state index in [2.05, 4.69) is 5.32 Å². The number of benzene rings is 2. The van der Waals surface area contributed by atoms with Crippen molar-refractivity contribution in [3.63, 3.8) is 0 Å². The van der Waals surface area contributed by atoms with E-state index in [1.807, 2.05) is 19.1 Å². The highest BCUT2D eigenvalue weighted by atomic mass is 35.5. The van der Waals surface area contributed by atoms with Crippen molar-refractivity contribution in [2.45, 2.75) is 19.9 Å². The summed E-state index contributed by atoms with van der Waals surface area (Å²) in [4.78, 5) is 23.5. The normalized spacial score (nSPS) is 11.6. The molecule has 0 spiro atoms. The van der Waals surface area contributed by atoms with Gasteiger partial charge in [-0.15, -0.1) is 0 Å². The van der Waals surface area contributed by atoms with Gasteiger partial charge in [-0.3, -0.25) is 9.59 Å². The van der Waals surface area contributed by atoms with E-state index in [-0.39, 0.29) is 24.3 Å². The number of amides is 1. The summed E-state index contributed by atoms with van der Waals surface area (Å²) in [5, 5.41) is 3.49. The van der Waals surface area contributed by atoms with Crippen molar-refractivity contribution in [3.05, 3.63) is 64.7 Å². The van der Waals surface area contributed by atoms with Gasteiger partial charge in [-0.1, -0.05) is 35.9 Å². The minimum Gasteiger partial charge on any atom is -0.483 e. The standard InChI is InChI=1S/C18H18ClNO3/c1-12(14-7-9-15(19)10-8-14)20-18(22)11-23-17-6-4-3-5-16(17)13(2)21/h3-10,12H,11H2,1-2H3,(H,20,22). The van der Waals surface area contributed by atoms with Crippen molar-refractivity contribution in [1.29, 1.82) is 0 Å². The molecule has 0 aromatic heterocycles. The first-order valence-electron chi connectivity index (χ1n) is 7.25. The van der Waals surface area contributed by atoms with Crippen molar-refractivity contribution >= 4 is 23.3 Å². The van der Waals surface area contributed by atoms with Gasteiger partial charge < -0.3 is 10.1 Å². The first kappa shape index (κ1) is 17.0. The van der Waals surface area contributed by atoms with Crippen LogP contribution in [0.5, 0.6) is 5.75 Å². The van der Waals surface area contributed by atoms with Crippen LogP contribution < -0.4 is 10.1 Å². The van der Waals surface area contributed by atoms with E-state index >= 15 is 0 Å². The van der Waals surface area contributed by atoms with Crippen LogP contribution in [-0.2, 0) is 4.79 Å². The number of para-hydroxylation sites is 1. The summed E-state index contributed by atoms with van der Waals surface area (Å²) < 4.78 is 5.46. The highest BCUT2D eigenvalue weighted by Crippen LogP contribution is 2.19. The van der Waals surface area contributed by atoms with Crippen LogP contribution in [0.4, 0.5) is 0 Å². The smallest absolute Gasteiger partial charge is 0.258 e. The van der Waals surface area contributed by atoms with Crippen LogP contribution in [-0.4, -0.2) is 18.3 Å². The Balaban J connectivity index is 1.93. The molecule has 2 aromatic carbocycles. The molecule has 23 heavy (non-hydrogen) atoms. The molecule has 0 radical (unpaired) electrons. The number of carbonyl (C=O) groups is 2. The second kappa shape index (κ2) is 7.79. The van der Waals surface area contributed by atoms with Gasteiger partial charge in [0.1, 0.15) is 5.75 Å². The van der Waals surface area contributed by atoms with Crippen LogP contribution in [0.1, 0.15) is 35.8 Å². The van der Waals surface area contributed by atoms with Gasteiger partial charge in [0.15, 0.2) is 12.4 Å². The molecule has 5 heteroatoms. The minimum absolute atomic E-state index is 0.101. The van der Waals surface area contributed by atoms with E-state index in [0.29, 0.717) is 16.3 Å². The van der Waals surface area contributed by atoms with Gasteiger partial charge in [0.05, 0.1) is 11.6 Å². The van der Waals surface area contributed by atoms with Crippen molar-refractivity contribution in [1.82, 2.24) is 5.32 Å². The molecule has 4 nitrogen and oxygen atoms in total. The average molecular weight is 332 g/mol. The van der Waals surface area contributed by atoms with E-state index < -0.39 is 0 Å². The molecule has 1 amide bonds. The summed E-state index contributed by atoms with van der Waals surface area (Å²) >= 11 is 5.85. The monoisotopic (exact) mass is 331 g/mol. The molecule has 0 heterocycles. The van der Waals surface area contributed by atoms with Crippen LogP contribution in [0.3, 0.4) is 0 Å². The second-order valence-corrected chi connectivity index (χ2v) is 5.62. The summed E-state index contributed by atoms with van der Waals surface area (Å²) in [5.41, 5.74) is 1.41.